The van der Waals surface area contributed by atoms with Gasteiger partial charge in [-0.1, -0.05) is 0 Å². The highest BCUT2D eigenvalue weighted by molar-refractivity contribution is 6.22. The predicted molar refractivity (Wildman–Crippen MR) is 82.1 cm³/mol. The molecule has 1 aliphatic rings. The van der Waals surface area contributed by atoms with Gasteiger partial charge in [-0.25, -0.2) is 19.1 Å². The summed E-state index contributed by atoms with van der Waals surface area (Å²) in [6, 6.07) is 4.68. The number of imide groups is 1. The van der Waals surface area contributed by atoms with Crippen molar-refractivity contribution in [3.63, 3.8) is 0 Å². The molecule has 1 fully saturated rings. The van der Waals surface area contributed by atoms with Gasteiger partial charge in [0.25, 0.3) is 11.8 Å². The van der Waals surface area contributed by atoms with E-state index in [4.69, 9.17) is 0 Å². The smallest absolute Gasteiger partial charge is 0.265 e. The standard InChI is InChI=1S/C16H12F2N4O3/c17-11-2-1-10(7-12(11)18)22-14(23)8-13(16(22)25)20-21-15(24)9-3-5-19-6-4-9/h1-7,13,20H,8H2,(H,21,24)/t13-/m0/s1. The minimum atomic E-state index is -1.17. The zero-order valence-electron chi connectivity index (χ0n) is 12.7. The number of hydrazine groups is 1. The number of carbonyl (C=O) groups excluding carboxylic acids is 3. The predicted octanol–water partition coefficient (Wildman–Crippen LogP) is 0.926. The maximum atomic E-state index is 13.3. The van der Waals surface area contributed by atoms with E-state index in [1.54, 1.807) is 0 Å². The SMILES string of the molecule is O=C(NN[C@H]1CC(=O)N(c2ccc(F)c(F)c2)C1=O)c1ccncc1. The molecule has 0 saturated carbocycles. The summed E-state index contributed by atoms with van der Waals surface area (Å²) in [6.07, 6.45) is 2.64. The number of aromatic nitrogens is 1. The Hall–Kier alpha value is -3.20. The number of anilines is 1. The molecule has 128 valence electrons. The van der Waals surface area contributed by atoms with Crippen molar-refractivity contribution in [3.8, 4) is 0 Å². The van der Waals surface area contributed by atoms with Crippen molar-refractivity contribution >= 4 is 23.4 Å². The third-order valence-corrected chi connectivity index (χ3v) is 3.61. The summed E-state index contributed by atoms with van der Waals surface area (Å²) in [5.74, 6) is -4.02. The number of halogens is 2. The molecule has 0 aliphatic carbocycles. The van der Waals surface area contributed by atoms with Crippen LogP contribution >= 0.6 is 0 Å². The first-order chi connectivity index (χ1) is 12.0. The maximum Gasteiger partial charge on any atom is 0.265 e. The average molecular weight is 346 g/mol. The van der Waals surface area contributed by atoms with Gasteiger partial charge in [0.2, 0.25) is 5.91 Å². The number of amides is 3. The van der Waals surface area contributed by atoms with Gasteiger partial charge in [-0.3, -0.25) is 24.8 Å². The van der Waals surface area contributed by atoms with Crippen molar-refractivity contribution in [1.29, 1.82) is 0 Å². The van der Waals surface area contributed by atoms with Crippen LogP contribution in [0.2, 0.25) is 0 Å². The minimum absolute atomic E-state index is 0.0707. The number of nitrogens with zero attached hydrogens (tertiary/aromatic N) is 2. The van der Waals surface area contributed by atoms with Gasteiger partial charge in [0.1, 0.15) is 6.04 Å². The minimum Gasteiger partial charge on any atom is -0.287 e. The van der Waals surface area contributed by atoms with E-state index in [1.807, 2.05) is 0 Å². The summed E-state index contributed by atoms with van der Waals surface area (Å²) in [7, 11) is 0. The third kappa shape index (κ3) is 3.36. The van der Waals surface area contributed by atoms with Gasteiger partial charge in [-0.2, -0.15) is 0 Å². The lowest BCUT2D eigenvalue weighted by Crippen LogP contribution is -2.48. The Balaban J connectivity index is 1.69. The number of rotatable bonds is 4. The van der Waals surface area contributed by atoms with Crippen LogP contribution in [0, 0.1) is 11.6 Å². The molecule has 1 atom stereocenters. The third-order valence-electron chi connectivity index (χ3n) is 3.61. The van der Waals surface area contributed by atoms with E-state index >= 15 is 0 Å². The van der Waals surface area contributed by atoms with Crippen LogP contribution in [0.4, 0.5) is 14.5 Å². The summed E-state index contributed by atoms with van der Waals surface area (Å²) >= 11 is 0. The van der Waals surface area contributed by atoms with Crippen LogP contribution in [0.5, 0.6) is 0 Å². The number of benzene rings is 1. The lowest BCUT2D eigenvalue weighted by molar-refractivity contribution is -0.121. The molecular weight excluding hydrogens is 334 g/mol. The molecule has 0 spiro atoms. The van der Waals surface area contributed by atoms with Gasteiger partial charge < -0.3 is 0 Å². The number of pyridine rings is 1. The largest absolute Gasteiger partial charge is 0.287 e. The molecule has 25 heavy (non-hydrogen) atoms. The van der Waals surface area contributed by atoms with E-state index < -0.39 is 35.4 Å². The highest BCUT2D eigenvalue weighted by Gasteiger charge is 2.40. The van der Waals surface area contributed by atoms with Crippen LogP contribution < -0.4 is 15.8 Å². The highest BCUT2D eigenvalue weighted by Crippen LogP contribution is 2.24. The summed E-state index contributed by atoms with van der Waals surface area (Å²) < 4.78 is 26.3. The summed E-state index contributed by atoms with van der Waals surface area (Å²) in [5.41, 5.74) is 5.07. The second kappa shape index (κ2) is 6.73. The normalized spacial score (nSPS) is 17.0. The van der Waals surface area contributed by atoms with Crippen LogP contribution in [-0.4, -0.2) is 28.7 Å². The maximum absolute atomic E-state index is 13.3. The van der Waals surface area contributed by atoms with Gasteiger partial charge >= 0.3 is 0 Å². The molecule has 1 aliphatic heterocycles. The lowest BCUT2D eigenvalue weighted by atomic mass is 10.2. The Morgan fingerprint density at radius 2 is 1.84 bits per heavy atom. The number of hydrogen-bond donors (Lipinski definition) is 2. The summed E-state index contributed by atoms with van der Waals surface area (Å²) in [6.45, 7) is 0. The fourth-order valence-electron chi connectivity index (χ4n) is 2.37. The quantitative estimate of drug-likeness (QED) is 0.635. The molecule has 0 bridgehead atoms. The Morgan fingerprint density at radius 1 is 1.12 bits per heavy atom. The molecule has 2 N–H and O–H groups in total. The second-order valence-corrected chi connectivity index (χ2v) is 5.26. The van der Waals surface area contributed by atoms with Crippen LogP contribution in [0.25, 0.3) is 0 Å². The summed E-state index contributed by atoms with van der Waals surface area (Å²) in [4.78, 5) is 40.8. The van der Waals surface area contributed by atoms with Crippen LogP contribution in [-0.2, 0) is 9.59 Å². The Kier molecular flexibility index (Phi) is 4.48. The topological polar surface area (TPSA) is 91.4 Å². The Morgan fingerprint density at radius 3 is 2.52 bits per heavy atom. The zero-order valence-corrected chi connectivity index (χ0v) is 12.7. The highest BCUT2D eigenvalue weighted by atomic mass is 19.2. The molecule has 1 saturated heterocycles. The molecule has 7 nitrogen and oxygen atoms in total. The number of nitrogens with one attached hydrogen (secondary N) is 2. The molecule has 2 aromatic rings. The fraction of sp³-hybridized carbons (Fsp3) is 0.125. The van der Waals surface area contributed by atoms with Crippen molar-refractivity contribution in [1.82, 2.24) is 15.8 Å². The zero-order chi connectivity index (χ0) is 18.0. The molecule has 1 aromatic heterocycles. The van der Waals surface area contributed by atoms with Crippen LogP contribution in [0.15, 0.2) is 42.7 Å². The molecular formula is C16H12F2N4O3. The molecule has 3 amide bonds. The van der Waals surface area contributed by atoms with Crippen LogP contribution in [0.1, 0.15) is 16.8 Å². The van der Waals surface area contributed by atoms with Crippen LogP contribution in [0.3, 0.4) is 0 Å². The Bertz CT molecular complexity index is 845. The van der Waals surface area contributed by atoms with Crippen molar-refractivity contribution in [2.24, 2.45) is 0 Å². The van der Waals surface area contributed by atoms with Gasteiger partial charge in [-0.15, -0.1) is 0 Å². The summed E-state index contributed by atoms with van der Waals surface area (Å²) in [5, 5.41) is 0. The molecule has 0 radical (unpaired) electrons. The lowest BCUT2D eigenvalue weighted by Gasteiger charge is -2.16. The van der Waals surface area contributed by atoms with E-state index in [1.165, 1.54) is 24.5 Å². The number of hydrogen-bond acceptors (Lipinski definition) is 5. The van der Waals surface area contributed by atoms with Gasteiger partial charge in [-0.05, 0) is 24.3 Å². The van der Waals surface area contributed by atoms with E-state index in [-0.39, 0.29) is 12.1 Å². The monoisotopic (exact) mass is 346 g/mol. The molecule has 2 heterocycles. The Labute approximate surface area is 140 Å². The molecule has 0 unspecified atom stereocenters. The van der Waals surface area contributed by atoms with Crippen molar-refractivity contribution < 1.29 is 23.2 Å². The van der Waals surface area contributed by atoms with Crippen molar-refractivity contribution in [2.75, 3.05) is 4.90 Å². The van der Waals surface area contributed by atoms with Gasteiger partial charge in [0.05, 0.1) is 12.1 Å². The molecule has 1 aromatic carbocycles. The molecule has 9 heteroatoms. The first-order valence-corrected chi connectivity index (χ1v) is 7.25. The second-order valence-electron chi connectivity index (χ2n) is 5.26. The fourth-order valence-corrected chi connectivity index (χ4v) is 2.37. The number of carbonyl (C=O) groups is 3. The first-order valence-electron chi connectivity index (χ1n) is 7.25. The van der Waals surface area contributed by atoms with Gasteiger partial charge in [0, 0.05) is 24.0 Å². The van der Waals surface area contributed by atoms with Crippen molar-refractivity contribution in [2.45, 2.75) is 12.5 Å². The molecule has 3 rings (SSSR count). The van der Waals surface area contributed by atoms with E-state index in [2.05, 4.69) is 15.8 Å². The van der Waals surface area contributed by atoms with E-state index in [0.29, 0.717) is 5.56 Å². The van der Waals surface area contributed by atoms with E-state index in [0.717, 1.165) is 23.1 Å². The first kappa shape index (κ1) is 16.7. The van der Waals surface area contributed by atoms with Crippen molar-refractivity contribution in [3.05, 3.63) is 59.9 Å². The van der Waals surface area contributed by atoms with E-state index in [9.17, 15) is 23.2 Å². The van der Waals surface area contributed by atoms with Gasteiger partial charge in [0.15, 0.2) is 11.6 Å². The average Bonchev–Trinajstić information content (AvgIpc) is 2.90.